The van der Waals surface area contributed by atoms with Gasteiger partial charge >= 0.3 is 0 Å². The van der Waals surface area contributed by atoms with E-state index in [2.05, 4.69) is 22.2 Å². The van der Waals surface area contributed by atoms with Gasteiger partial charge in [-0.25, -0.2) is 0 Å². The van der Waals surface area contributed by atoms with Crippen molar-refractivity contribution < 1.29 is 9.32 Å². The van der Waals surface area contributed by atoms with Gasteiger partial charge in [0.2, 0.25) is 5.76 Å². The lowest BCUT2D eigenvalue weighted by Crippen LogP contribution is -2.34. The number of aromatic nitrogens is 1. The summed E-state index contributed by atoms with van der Waals surface area (Å²) in [6.07, 6.45) is 4.37. The van der Waals surface area contributed by atoms with Crippen molar-refractivity contribution in [2.24, 2.45) is 0 Å². The fourth-order valence-corrected chi connectivity index (χ4v) is 4.07. The molecule has 5 nitrogen and oxygen atoms in total. The van der Waals surface area contributed by atoms with E-state index in [-0.39, 0.29) is 5.91 Å². The zero-order valence-corrected chi connectivity index (χ0v) is 15.6. The van der Waals surface area contributed by atoms with Crippen molar-refractivity contribution >= 4 is 17.5 Å². The van der Waals surface area contributed by atoms with Gasteiger partial charge < -0.3 is 9.42 Å². The molecule has 0 radical (unpaired) electrons. The predicted molar refractivity (Wildman–Crippen MR) is 100 cm³/mol. The first-order chi connectivity index (χ1) is 12.7. The normalized spacial score (nSPS) is 21.3. The molecule has 1 aromatic carbocycles. The SMILES string of the molecule is O=C(c1cc([C@@H]2CCCN(Cc3ccc(Cl)cc3)C2)no1)N1CCCC1. The van der Waals surface area contributed by atoms with Crippen LogP contribution in [0.15, 0.2) is 34.9 Å². The monoisotopic (exact) mass is 373 g/mol. The van der Waals surface area contributed by atoms with E-state index in [0.717, 1.165) is 69.1 Å². The van der Waals surface area contributed by atoms with Gasteiger partial charge in [-0.2, -0.15) is 0 Å². The third-order valence-corrected chi connectivity index (χ3v) is 5.63. The molecule has 2 fully saturated rings. The molecule has 0 spiro atoms. The van der Waals surface area contributed by atoms with E-state index in [1.54, 1.807) is 0 Å². The molecule has 2 aliphatic rings. The highest BCUT2D eigenvalue weighted by molar-refractivity contribution is 6.30. The van der Waals surface area contributed by atoms with Crippen LogP contribution in [0.2, 0.25) is 5.02 Å². The van der Waals surface area contributed by atoms with Crippen molar-refractivity contribution in [3.8, 4) is 0 Å². The molecule has 1 aromatic heterocycles. The molecule has 2 saturated heterocycles. The number of piperidine rings is 1. The number of hydrogen-bond acceptors (Lipinski definition) is 4. The zero-order chi connectivity index (χ0) is 17.9. The highest BCUT2D eigenvalue weighted by atomic mass is 35.5. The van der Waals surface area contributed by atoms with Crippen LogP contribution >= 0.6 is 11.6 Å². The fraction of sp³-hybridized carbons (Fsp3) is 0.500. The third-order valence-electron chi connectivity index (χ3n) is 5.38. The zero-order valence-electron chi connectivity index (χ0n) is 14.9. The fourth-order valence-electron chi connectivity index (χ4n) is 3.95. The summed E-state index contributed by atoms with van der Waals surface area (Å²) in [5.41, 5.74) is 2.17. The molecule has 4 rings (SSSR count). The molecule has 0 unspecified atom stereocenters. The Morgan fingerprint density at radius 3 is 2.69 bits per heavy atom. The van der Waals surface area contributed by atoms with Crippen LogP contribution in [0.5, 0.6) is 0 Å². The van der Waals surface area contributed by atoms with Crippen molar-refractivity contribution in [2.75, 3.05) is 26.2 Å². The van der Waals surface area contributed by atoms with Gasteiger partial charge in [-0.15, -0.1) is 0 Å². The maximum absolute atomic E-state index is 12.4. The molecule has 1 amide bonds. The topological polar surface area (TPSA) is 49.6 Å². The van der Waals surface area contributed by atoms with Gasteiger partial charge in [0.15, 0.2) is 0 Å². The minimum Gasteiger partial charge on any atom is -0.351 e. The summed E-state index contributed by atoms with van der Waals surface area (Å²) in [7, 11) is 0. The average Bonchev–Trinajstić information content (AvgIpc) is 3.36. The number of halogens is 1. The summed E-state index contributed by atoms with van der Waals surface area (Å²) in [5.74, 6) is 0.687. The minimum atomic E-state index is -0.0184. The molecule has 0 aliphatic carbocycles. The summed E-state index contributed by atoms with van der Waals surface area (Å²) < 4.78 is 5.38. The van der Waals surface area contributed by atoms with Gasteiger partial charge in [0, 0.05) is 43.2 Å². The minimum absolute atomic E-state index is 0.0184. The van der Waals surface area contributed by atoms with Crippen LogP contribution in [0, 0.1) is 0 Å². The Balaban J connectivity index is 1.39. The highest BCUT2D eigenvalue weighted by Gasteiger charge is 2.27. The van der Waals surface area contributed by atoms with E-state index in [1.165, 1.54) is 5.56 Å². The van der Waals surface area contributed by atoms with E-state index < -0.39 is 0 Å². The molecular formula is C20H24ClN3O2. The summed E-state index contributed by atoms with van der Waals surface area (Å²) in [4.78, 5) is 16.7. The Kier molecular flexibility index (Phi) is 5.27. The van der Waals surface area contributed by atoms with Crippen LogP contribution in [-0.2, 0) is 6.54 Å². The number of likely N-dealkylation sites (tertiary alicyclic amines) is 2. The second-order valence-corrected chi connectivity index (χ2v) is 7.75. The van der Waals surface area contributed by atoms with Crippen LogP contribution in [0.1, 0.15) is 53.4 Å². The lowest BCUT2D eigenvalue weighted by atomic mass is 9.94. The van der Waals surface area contributed by atoms with E-state index in [1.807, 2.05) is 23.1 Å². The molecule has 2 aliphatic heterocycles. The largest absolute Gasteiger partial charge is 0.351 e. The average molecular weight is 374 g/mol. The third kappa shape index (κ3) is 3.94. The molecule has 138 valence electrons. The summed E-state index contributed by atoms with van der Waals surface area (Å²) >= 11 is 5.97. The number of carbonyl (C=O) groups excluding carboxylic acids is 1. The number of benzene rings is 1. The maximum Gasteiger partial charge on any atom is 0.292 e. The highest BCUT2D eigenvalue weighted by Crippen LogP contribution is 2.28. The number of carbonyl (C=O) groups is 1. The van der Waals surface area contributed by atoms with Gasteiger partial charge in [0.1, 0.15) is 0 Å². The van der Waals surface area contributed by atoms with E-state index in [4.69, 9.17) is 16.1 Å². The molecule has 2 aromatic rings. The quantitative estimate of drug-likeness (QED) is 0.814. The van der Waals surface area contributed by atoms with Crippen molar-refractivity contribution in [2.45, 2.75) is 38.1 Å². The van der Waals surface area contributed by atoms with Crippen molar-refractivity contribution in [1.29, 1.82) is 0 Å². The van der Waals surface area contributed by atoms with Crippen LogP contribution < -0.4 is 0 Å². The molecule has 26 heavy (non-hydrogen) atoms. The summed E-state index contributed by atoms with van der Waals surface area (Å²) in [6.45, 7) is 4.58. The Labute approximate surface area is 158 Å². The standard InChI is InChI=1S/C20H24ClN3O2/c21-17-7-5-15(6-8-17)13-23-9-3-4-16(14-23)18-12-19(26-22-18)20(25)24-10-1-2-11-24/h5-8,12,16H,1-4,9-11,13-14H2/t16-/m1/s1. The molecular weight excluding hydrogens is 350 g/mol. The van der Waals surface area contributed by atoms with Crippen molar-refractivity contribution in [3.63, 3.8) is 0 Å². The van der Waals surface area contributed by atoms with Crippen molar-refractivity contribution in [3.05, 3.63) is 52.4 Å². The molecule has 0 bridgehead atoms. The lowest BCUT2D eigenvalue weighted by molar-refractivity contribution is 0.0751. The number of amides is 1. The van der Waals surface area contributed by atoms with Crippen LogP contribution in [0.25, 0.3) is 0 Å². The van der Waals surface area contributed by atoms with E-state index in [9.17, 15) is 4.79 Å². The molecule has 0 N–H and O–H groups in total. The van der Waals surface area contributed by atoms with Gasteiger partial charge in [0.25, 0.3) is 5.91 Å². The van der Waals surface area contributed by atoms with Gasteiger partial charge in [0.05, 0.1) is 5.69 Å². The number of hydrogen-bond donors (Lipinski definition) is 0. The Morgan fingerprint density at radius 1 is 1.15 bits per heavy atom. The van der Waals surface area contributed by atoms with Crippen LogP contribution in [0.3, 0.4) is 0 Å². The first-order valence-electron chi connectivity index (χ1n) is 9.42. The molecule has 0 saturated carbocycles. The van der Waals surface area contributed by atoms with E-state index >= 15 is 0 Å². The maximum atomic E-state index is 12.4. The number of nitrogens with zero attached hydrogens (tertiary/aromatic N) is 3. The molecule has 3 heterocycles. The predicted octanol–water partition coefficient (Wildman–Crippen LogP) is 3.94. The van der Waals surface area contributed by atoms with Gasteiger partial charge in [-0.3, -0.25) is 9.69 Å². The first kappa shape index (κ1) is 17.6. The Bertz CT molecular complexity index is 753. The lowest BCUT2D eigenvalue weighted by Gasteiger charge is -2.31. The first-order valence-corrected chi connectivity index (χ1v) is 9.79. The van der Waals surface area contributed by atoms with Gasteiger partial charge in [-0.05, 0) is 49.9 Å². The molecule has 6 heteroatoms. The van der Waals surface area contributed by atoms with Crippen molar-refractivity contribution in [1.82, 2.24) is 15.0 Å². The van der Waals surface area contributed by atoms with E-state index in [0.29, 0.717) is 11.7 Å². The smallest absolute Gasteiger partial charge is 0.292 e. The Hall–Kier alpha value is -1.85. The second-order valence-electron chi connectivity index (χ2n) is 7.32. The summed E-state index contributed by atoms with van der Waals surface area (Å²) in [6, 6.07) is 9.89. The molecule has 1 atom stereocenters. The van der Waals surface area contributed by atoms with Gasteiger partial charge in [-0.1, -0.05) is 28.9 Å². The van der Waals surface area contributed by atoms with Crippen LogP contribution in [-0.4, -0.2) is 47.0 Å². The summed E-state index contributed by atoms with van der Waals surface area (Å²) in [5, 5.41) is 4.99. The second kappa shape index (κ2) is 7.80. The van der Waals surface area contributed by atoms with Crippen LogP contribution in [0.4, 0.5) is 0 Å². The Morgan fingerprint density at radius 2 is 1.92 bits per heavy atom. The number of rotatable bonds is 4.